The van der Waals surface area contributed by atoms with Crippen molar-refractivity contribution in [2.45, 2.75) is 49.3 Å². The lowest BCUT2D eigenvalue weighted by atomic mass is 9.86. The standard InChI is InChI=1S/C32H37F3N2O5S/c1-3-43(39,40)30-16-4-23(5-17-30)20-36-31(38)25-8-13-28(14-9-25)37-21-26(10-15-29(37)22-42-19-18-41-2)24-6-11-27(12-7-24)32(33,34)35/h4-9,11-14,16-17,26,29H,3,10,15,18-22H2,1-2H3,(H,36,38)/t26?,29-/m0/s1. The normalized spacial score (nSPS) is 17.6. The predicted octanol–water partition coefficient (Wildman–Crippen LogP) is 5.84. The fraction of sp³-hybridized carbons (Fsp3) is 0.406. The summed E-state index contributed by atoms with van der Waals surface area (Å²) in [5, 5.41) is 2.86. The third kappa shape index (κ3) is 8.58. The number of alkyl halides is 3. The Morgan fingerprint density at radius 1 is 0.953 bits per heavy atom. The zero-order valence-electron chi connectivity index (χ0n) is 24.3. The van der Waals surface area contributed by atoms with Crippen molar-refractivity contribution < 1.29 is 35.9 Å². The van der Waals surface area contributed by atoms with E-state index in [9.17, 15) is 26.4 Å². The monoisotopic (exact) mass is 618 g/mol. The molecule has 0 bridgehead atoms. The number of methoxy groups -OCH3 is 1. The molecule has 0 aromatic heterocycles. The number of ether oxygens (including phenoxy) is 2. The van der Waals surface area contributed by atoms with E-state index in [4.69, 9.17) is 9.47 Å². The van der Waals surface area contributed by atoms with Gasteiger partial charge >= 0.3 is 6.18 Å². The molecule has 0 radical (unpaired) electrons. The zero-order chi connectivity index (χ0) is 31.0. The topological polar surface area (TPSA) is 84.9 Å². The van der Waals surface area contributed by atoms with Gasteiger partial charge in [-0.3, -0.25) is 4.79 Å². The van der Waals surface area contributed by atoms with Crippen molar-refractivity contribution in [1.29, 1.82) is 0 Å². The van der Waals surface area contributed by atoms with Crippen molar-refractivity contribution in [1.82, 2.24) is 5.32 Å². The minimum absolute atomic E-state index is 0.0216. The molecular formula is C32H37F3N2O5S. The molecule has 0 aliphatic carbocycles. The molecule has 3 aromatic carbocycles. The molecule has 7 nitrogen and oxygen atoms in total. The Morgan fingerprint density at radius 3 is 2.23 bits per heavy atom. The van der Waals surface area contributed by atoms with Crippen LogP contribution < -0.4 is 10.2 Å². The fourth-order valence-corrected chi connectivity index (χ4v) is 6.05. The van der Waals surface area contributed by atoms with Crippen LogP contribution in [-0.2, 0) is 32.0 Å². The molecular weight excluding hydrogens is 581 g/mol. The average Bonchev–Trinajstić information content (AvgIpc) is 3.02. The molecule has 43 heavy (non-hydrogen) atoms. The highest BCUT2D eigenvalue weighted by Crippen LogP contribution is 2.36. The van der Waals surface area contributed by atoms with E-state index in [2.05, 4.69) is 10.2 Å². The van der Waals surface area contributed by atoms with E-state index in [0.29, 0.717) is 31.9 Å². The summed E-state index contributed by atoms with van der Waals surface area (Å²) < 4.78 is 74.2. The molecule has 2 atom stereocenters. The Morgan fingerprint density at radius 2 is 1.63 bits per heavy atom. The van der Waals surface area contributed by atoms with Gasteiger partial charge in [0.15, 0.2) is 9.84 Å². The van der Waals surface area contributed by atoms with Crippen molar-refractivity contribution in [3.05, 3.63) is 95.1 Å². The molecule has 1 fully saturated rings. The molecule has 1 saturated heterocycles. The molecule has 0 saturated carbocycles. The highest BCUT2D eigenvalue weighted by Gasteiger charge is 2.32. The lowest BCUT2D eigenvalue weighted by Gasteiger charge is -2.41. The molecule has 4 rings (SSSR count). The summed E-state index contributed by atoms with van der Waals surface area (Å²) in [7, 11) is -1.68. The lowest BCUT2D eigenvalue weighted by molar-refractivity contribution is -0.137. The summed E-state index contributed by atoms with van der Waals surface area (Å²) in [6.45, 7) is 3.85. The molecule has 1 unspecified atom stereocenters. The maximum absolute atomic E-state index is 13.1. The molecule has 1 heterocycles. The van der Waals surface area contributed by atoms with E-state index < -0.39 is 21.6 Å². The number of hydrogen-bond donors (Lipinski definition) is 1. The van der Waals surface area contributed by atoms with Crippen LogP contribution in [0.25, 0.3) is 0 Å². The number of benzene rings is 3. The number of hydrogen-bond acceptors (Lipinski definition) is 6. The number of nitrogens with zero attached hydrogens (tertiary/aromatic N) is 1. The number of piperidine rings is 1. The van der Waals surface area contributed by atoms with Crippen molar-refractivity contribution in [3.63, 3.8) is 0 Å². The first kappa shape index (κ1) is 32.5. The Kier molecular flexibility index (Phi) is 10.9. The van der Waals surface area contributed by atoms with E-state index in [1.54, 1.807) is 62.6 Å². The lowest BCUT2D eigenvalue weighted by Crippen LogP contribution is -2.45. The van der Waals surface area contributed by atoms with Gasteiger partial charge in [0.1, 0.15) is 0 Å². The molecule has 0 spiro atoms. The first-order chi connectivity index (χ1) is 20.5. The summed E-state index contributed by atoms with van der Waals surface area (Å²) in [6, 6.07) is 19.1. The number of amides is 1. The minimum Gasteiger partial charge on any atom is -0.382 e. The van der Waals surface area contributed by atoms with E-state index in [0.717, 1.165) is 41.8 Å². The van der Waals surface area contributed by atoms with Crippen LogP contribution >= 0.6 is 0 Å². The Bertz CT molecular complexity index is 1440. The molecule has 1 N–H and O–H groups in total. The Labute approximate surface area is 250 Å². The van der Waals surface area contributed by atoms with Gasteiger partial charge in [0.05, 0.1) is 42.1 Å². The van der Waals surface area contributed by atoms with Crippen molar-refractivity contribution in [2.24, 2.45) is 0 Å². The zero-order valence-corrected chi connectivity index (χ0v) is 25.1. The van der Waals surface area contributed by atoms with Gasteiger partial charge in [-0.15, -0.1) is 0 Å². The Balaban J connectivity index is 1.43. The summed E-state index contributed by atoms with van der Waals surface area (Å²) in [5.74, 6) is -0.204. The number of carbonyl (C=O) groups excluding carboxylic acids is 1. The van der Waals surface area contributed by atoms with Gasteiger partial charge in [0.2, 0.25) is 0 Å². The van der Waals surface area contributed by atoms with Crippen LogP contribution in [0.5, 0.6) is 0 Å². The fourth-order valence-electron chi connectivity index (χ4n) is 5.16. The number of nitrogens with one attached hydrogen (secondary N) is 1. The SMILES string of the molecule is CCS(=O)(=O)c1ccc(CNC(=O)c2ccc(N3CC(c4ccc(C(F)(F)F)cc4)CC[C@H]3COCCOC)cc2)cc1. The third-order valence-electron chi connectivity index (χ3n) is 7.73. The van der Waals surface area contributed by atoms with Gasteiger partial charge < -0.3 is 19.7 Å². The molecule has 232 valence electrons. The maximum atomic E-state index is 13.1. The molecule has 3 aromatic rings. The molecule has 11 heteroatoms. The third-order valence-corrected chi connectivity index (χ3v) is 9.48. The predicted molar refractivity (Wildman–Crippen MR) is 159 cm³/mol. The van der Waals surface area contributed by atoms with Crippen LogP contribution in [-0.4, -0.2) is 59.6 Å². The molecule has 1 aliphatic rings. The molecule has 1 amide bonds. The van der Waals surface area contributed by atoms with Crippen LogP contribution in [0, 0.1) is 0 Å². The summed E-state index contributed by atoms with van der Waals surface area (Å²) in [4.78, 5) is 15.3. The van der Waals surface area contributed by atoms with Gasteiger partial charge in [-0.1, -0.05) is 31.2 Å². The largest absolute Gasteiger partial charge is 0.416 e. The van der Waals surface area contributed by atoms with Gasteiger partial charge in [-0.05, 0) is 72.5 Å². The maximum Gasteiger partial charge on any atom is 0.416 e. The van der Waals surface area contributed by atoms with E-state index >= 15 is 0 Å². The van der Waals surface area contributed by atoms with E-state index in [1.165, 1.54) is 0 Å². The number of rotatable bonds is 12. The minimum atomic E-state index is -4.38. The summed E-state index contributed by atoms with van der Waals surface area (Å²) in [5.41, 5.74) is 2.33. The van der Waals surface area contributed by atoms with Crippen molar-refractivity contribution in [2.75, 3.05) is 44.1 Å². The average molecular weight is 619 g/mol. The smallest absolute Gasteiger partial charge is 0.382 e. The van der Waals surface area contributed by atoms with Crippen molar-refractivity contribution >= 4 is 21.4 Å². The van der Waals surface area contributed by atoms with Crippen LogP contribution in [0.4, 0.5) is 18.9 Å². The first-order valence-corrected chi connectivity index (χ1v) is 15.9. The number of halogens is 3. The van der Waals surface area contributed by atoms with Crippen LogP contribution in [0.1, 0.15) is 52.7 Å². The summed E-state index contributed by atoms with van der Waals surface area (Å²) in [6.07, 6.45) is -2.77. The van der Waals surface area contributed by atoms with Crippen LogP contribution in [0.2, 0.25) is 0 Å². The van der Waals surface area contributed by atoms with Gasteiger partial charge in [-0.25, -0.2) is 8.42 Å². The van der Waals surface area contributed by atoms with Crippen LogP contribution in [0.3, 0.4) is 0 Å². The molecule has 1 aliphatic heterocycles. The second kappa shape index (κ2) is 14.4. The highest BCUT2D eigenvalue weighted by molar-refractivity contribution is 7.91. The van der Waals surface area contributed by atoms with Gasteiger partial charge in [0.25, 0.3) is 5.91 Å². The van der Waals surface area contributed by atoms with Gasteiger partial charge in [0, 0.05) is 37.4 Å². The van der Waals surface area contributed by atoms with E-state index in [-0.39, 0.29) is 35.1 Å². The number of carbonyl (C=O) groups is 1. The van der Waals surface area contributed by atoms with E-state index in [1.807, 2.05) is 12.1 Å². The quantitative estimate of drug-likeness (QED) is 0.257. The van der Waals surface area contributed by atoms with Crippen LogP contribution in [0.15, 0.2) is 77.7 Å². The number of anilines is 1. The summed E-state index contributed by atoms with van der Waals surface area (Å²) >= 11 is 0. The number of sulfone groups is 1. The second-order valence-electron chi connectivity index (χ2n) is 10.5. The second-order valence-corrected chi connectivity index (χ2v) is 12.8. The highest BCUT2D eigenvalue weighted by atomic mass is 32.2. The Hall–Kier alpha value is -3.41. The van der Waals surface area contributed by atoms with Gasteiger partial charge in [-0.2, -0.15) is 13.2 Å². The first-order valence-electron chi connectivity index (χ1n) is 14.2. The van der Waals surface area contributed by atoms with Crippen molar-refractivity contribution in [3.8, 4) is 0 Å².